The monoisotopic (exact) mass is 375 g/mol. The zero-order valence-corrected chi connectivity index (χ0v) is 14.7. The van der Waals surface area contributed by atoms with Gasteiger partial charge in [-0.15, -0.1) is 0 Å². The maximum absolute atomic E-state index is 14.4. The lowest BCUT2D eigenvalue weighted by Gasteiger charge is -2.11. The van der Waals surface area contributed by atoms with E-state index in [9.17, 15) is 18.0 Å². The van der Waals surface area contributed by atoms with Crippen molar-refractivity contribution in [3.05, 3.63) is 72.1 Å². The van der Waals surface area contributed by atoms with Gasteiger partial charge < -0.3 is 9.47 Å². The molecule has 7 heteroatoms. The molecule has 2 rings (SSSR count). The second kappa shape index (κ2) is 7.90. The van der Waals surface area contributed by atoms with Crippen molar-refractivity contribution in [3.8, 4) is 22.6 Å². The smallest absolute Gasteiger partial charge is 0.338 e. The van der Waals surface area contributed by atoms with Crippen LogP contribution in [0.25, 0.3) is 11.1 Å². The predicted molar refractivity (Wildman–Crippen MR) is 95.4 cm³/mol. The Morgan fingerprint density at radius 2 is 1.56 bits per heavy atom. The zero-order chi connectivity index (χ0) is 20.3. The molecule has 0 aliphatic rings. The van der Waals surface area contributed by atoms with Crippen molar-refractivity contribution >= 4 is 11.9 Å². The second-order valence-corrected chi connectivity index (χ2v) is 5.77. The highest BCUT2D eigenvalue weighted by Crippen LogP contribution is 2.32. The Bertz CT molecular complexity index is 967. The molecule has 0 radical (unpaired) electrons. The first-order valence-corrected chi connectivity index (χ1v) is 7.69. The van der Waals surface area contributed by atoms with Crippen LogP contribution in [0.4, 0.5) is 13.2 Å². The van der Waals surface area contributed by atoms with Gasteiger partial charge in [-0.05, 0) is 43.7 Å². The topological polar surface area (TPSA) is 59.4 Å². The van der Waals surface area contributed by atoms with Gasteiger partial charge in [-0.25, -0.2) is 13.6 Å². The van der Waals surface area contributed by atoms with E-state index in [1.54, 1.807) is 0 Å². The number of benzene rings is 2. The van der Waals surface area contributed by atoms with Gasteiger partial charge in [0.2, 0.25) is 11.7 Å². The van der Waals surface area contributed by atoms with Gasteiger partial charge in [-0.3, -0.25) is 5.41 Å². The van der Waals surface area contributed by atoms with E-state index >= 15 is 0 Å². The summed E-state index contributed by atoms with van der Waals surface area (Å²) in [5.41, 5.74) is 0.127. The van der Waals surface area contributed by atoms with Gasteiger partial charge in [0.1, 0.15) is 0 Å². The SMILES string of the molecule is C=C(C)C(=N)Oc1ccc(-c2ccc(OC(=O)C(=C)C)c(F)c2F)cc1F. The Morgan fingerprint density at radius 3 is 2.11 bits per heavy atom. The molecule has 0 unspecified atom stereocenters. The van der Waals surface area contributed by atoms with Crippen molar-refractivity contribution in [3.63, 3.8) is 0 Å². The van der Waals surface area contributed by atoms with E-state index in [0.29, 0.717) is 5.57 Å². The van der Waals surface area contributed by atoms with Crippen LogP contribution >= 0.6 is 0 Å². The summed E-state index contributed by atoms with van der Waals surface area (Å²) in [7, 11) is 0. The normalized spacial score (nSPS) is 10.3. The fraction of sp³-hybridized carbons (Fsp3) is 0.100. The van der Waals surface area contributed by atoms with E-state index in [1.165, 1.54) is 26.0 Å². The van der Waals surface area contributed by atoms with Crippen molar-refractivity contribution in [2.24, 2.45) is 0 Å². The summed E-state index contributed by atoms with van der Waals surface area (Å²) in [6, 6.07) is 5.66. The summed E-state index contributed by atoms with van der Waals surface area (Å²) >= 11 is 0. The van der Waals surface area contributed by atoms with Gasteiger partial charge in [0.05, 0.1) is 0 Å². The average Bonchev–Trinajstić information content (AvgIpc) is 2.60. The summed E-state index contributed by atoms with van der Waals surface area (Å²) in [6.45, 7) is 9.74. The van der Waals surface area contributed by atoms with Gasteiger partial charge in [-0.1, -0.05) is 19.2 Å². The standard InChI is InChI=1S/C20H16F3NO3/c1-10(2)19(24)26-15-7-5-12(9-14(15)21)13-6-8-16(18(23)17(13)22)27-20(25)11(3)4/h5-9,24H,1,3H2,2,4H3. The average molecular weight is 375 g/mol. The number of esters is 1. The molecule has 0 spiro atoms. The molecule has 0 aliphatic heterocycles. The molecule has 0 aromatic heterocycles. The Balaban J connectivity index is 2.36. The Kier molecular flexibility index (Phi) is 5.85. The number of rotatable bonds is 5. The van der Waals surface area contributed by atoms with Crippen molar-refractivity contribution in [2.45, 2.75) is 13.8 Å². The highest BCUT2D eigenvalue weighted by Gasteiger charge is 2.19. The van der Waals surface area contributed by atoms with Crippen LogP contribution in [-0.4, -0.2) is 11.9 Å². The lowest BCUT2D eigenvalue weighted by atomic mass is 10.0. The fourth-order valence-electron chi connectivity index (χ4n) is 1.97. The van der Waals surface area contributed by atoms with E-state index in [2.05, 4.69) is 13.2 Å². The molecule has 2 aromatic carbocycles. The summed E-state index contributed by atoms with van der Waals surface area (Å²) in [5, 5.41) is 7.52. The van der Waals surface area contributed by atoms with Crippen LogP contribution in [-0.2, 0) is 4.79 Å². The third-order valence-electron chi connectivity index (χ3n) is 3.44. The highest BCUT2D eigenvalue weighted by atomic mass is 19.2. The van der Waals surface area contributed by atoms with Crippen LogP contribution in [0, 0.1) is 22.9 Å². The molecule has 0 aliphatic carbocycles. The molecule has 0 heterocycles. The number of nitrogens with one attached hydrogen (secondary N) is 1. The largest absolute Gasteiger partial charge is 0.436 e. The van der Waals surface area contributed by atoms with E-state index < -0.39 is 29.2 Å². The molecular formula is C20H16F3NO3. The first kappa shape index (κ1) is 20.0. The van der Waals surface area contributed by atoms with Gasteiger partial charge >= 0.3 is 5.97 Å². The van der Waals surface area contributed by atoms with Crippen LogP contribution in [0.1, 0.15) is 13.8 Å². The fourth-order valence-corrected chi connectivity index (χ4v) is 1.97. The number of carbonyl (C=O) groups excluding carboxylic acids is 1. The molecule has 1 N–H and O–H groups in total. The van der Waals surface area contributed by atoms with E-state index in [0.717, 1.165) is 18.2 Å². The third-order valence-corrected chi connectivity index (χ3v) is 3.44. The molecule has 27 heavy (non-hydrogen) atoms. The Labute approximate surface area is 154 Å². The Morgan fingerprint density at radius 1 is 0.926 bits per heavy atom. The molecule has 0 bridgehead atoms. The van der Waals surface area contributed by atoms with Gasteiger partial charge in [0, 0.05) is 16.7 Å². The van der Waals surface area contributed by atoms with Crippen molar-refractivity contribution in [1.29, 1.82) is 5.41 Å². The second-order valence-electron chi connectivity index (χ2n) is 5.77. The number of halogens is 3. The van der Waals surface area contributed by atoms with E-state index in [1.807, 2.05) is 0 Å². The zero-order valence-electron chi connectivity index (χ0n) is 14.7. The van der Waals surface area contributed by atoms with E-state index in [4.69, 9.17) is 14.9 Å². The van der Waals surface area contributed by atoms with Gasteiger partial charge in [-0.2, -0.15) is 4.39 Å². The van der Waals surface area contributed by atoms with Gasteiger partial charge in [0.25, 0.3) is 0 Å². The number of ether oxygens (including phenoxy) is 2. The minimum absolute atomic E-state index is 0.0249. The van der Waals surface area contributed by atoms with Crippen LogP contribution in [0.15, 0.2) is 54.6 Å². The third kappa shape index (κ3) is 4.44. The first-order chi connectivity index (χ1) is 12.6. The van der Waals surface area contributed by atoms with Crippen LogP contribution in [0.5, 0.6) is 11.5 Å². The number of carbonyl (C=O) groups is 1. The molecule has 140 valence electrons. The molecule has 2 aromatic rings. The van der Waals surface area contributed by atoms with E-state index in [-0.39, 0.29) is 28.3 Å². The molecular weight excluding hydrogens is 359 g/mol. The van der Waals surface area contributed by atoms with Crippen LogP contribution < -0.4 is 9.47 Å². The summed E-state index contributed by atoms with van der Waals surface area (Å²) in [4.78, 5) is 11.5. The van der Waals surface area contributed by atoms with Crippen molar-refractivity contribution in [1.82, 2.24) is 0 Å². The minimum atomic E-state index is -1.38. The number of hydrogen-bond donors (Lipinski definition) is 1. The quantitative estimate of drug-likeness (QED) is 0.257. The molecule has 0 amide bonds. The highest BCUT2D eigenvalue weighted by molar-refractivity contribution is 5.91. The molecule has 0 saturated carbocycles. The molecule has 0 atom stereocenters. The maximum Gasteiger partial charge on any atom is 0.338 e. The molecule has 0 fully saturated rings. The summed E-state index contributed by atoms with van der Waals surface area (Å²) in [6.07, 6.45) is 0. The molecule has 0 saturated heterocycles. The van der Waals surface area contributed by atoms with Crippen LogP contribution in [0.2, 0.25) is 0 Å². The minimum Gasteiger partial charge on any atom is -0.436 e. The summed E-state index contributed by atoms with van der Waals surface area (Å²) < 4.78 is 52.4. The maximum atomic E-state index is 14.4. The number of hydrogen-bond acceptors (Lipinski definition) is 4. The van der Waals surface area contributed by atoms with Gasteiger partial charge in [0.15, 0.2) is 23.1 Å². The predicted octanol–water partition coefficient (Wildman–Crippen LogP) is 5.18. The first-order valence-electron chi connectivity index (χ1n) is 7.69. The van der Waals surface area contributed by atoms with Crippen molar-refractivity contribution in [2.75, 3.05) is 0 Å². The lowest BCUT2D eigenvalue weighted by Crippen LogP contribution is -2.10. The Hall–Kier alpha value is -3.35. The summed E-state index contributed by atoms with van der Waals surface area (Å²) in [5.74, 6) is -5.61. The van der Waals surface area contributed by atoms with Crippen LogP contribution in [0.3, 0.4) is 0 Å². The molecule has 4 nitrogen and oxygen atoms in total. The van der Waals surface area contributed by atoms with Crippen molar-refractivity contribution < 1.29 is 27.4 Å². The lowest BCUT2D eigenvalue weighted by molar-refractivity contribution is -0.130.